The fourth-order valence-electron chi connectivity index (χ4n) is 0.943. The molecule has 0 saturated carbocycles. The summed E-state index contributed by atoms with van der Waals surface area (Å²) in [6, 6.07) is 0. The van der Waals surface area contributed by atoms with Crippen LogP contribution in [0.4, 0.5) is 0 Å². The topological polar surface area (TPSA) is 46.5 Å². The van der Waals surface area contributed by atoms with Gasteiger partial charge in [-0.2, -0.15) is 0 Å². The maximum Gasteiger partial charge on any atom is 0.305 e. The van der Waals surface area contributed by atoms with Crippen molar-refractivity contribution in [2.75, 3.05) is 0 Å². The summed E-state index contributed by atoms with van der Waals surface area (Å²) in [4.78, 5) is 10.3. The molecule has 72 valence electrons. The van der Waals surface area contributed by atoms with Crippen molar-refractivity contribution < 1.29 is 14.6 Å². The number of alkyl halides is 1. The monoisotopic (exact) mass is 310 g/mol. The van der Waals surface area contributed by atoms with Crippen molar-refractivity contribution in [1.29, 1.82) is 0 Å². The summed E-state index contributed by atoms with van der Waals surface area (Å²) in [7, 11) is 0. The van der Waals surface area contributed by atoms with Crippen molar-refractivity contribution in [3.8, 4) is 0 Å². The van der Waals surface area contributed by atoms with E-state index in [1.165, 1.54) is 6.92 Å². The fraction of sp³-hybridized carbons (Fsp3) is 0.375. The van der Waals surface area contributed by atoms with Crippen molar-refractivity contribution in [3.05, 3.63) is 22.7 Å². The lowest BCUT2D eigenvalue weighted by atomic mass is 10.1. The summed E-state index contributed by atoms with van der Waals surface area (Å²) >= 11 is 6.33. The molecule has 0 aromatic carbocycles. The number of aliphatic hydroxyl groups is 1. The second kappa shape index (κ2) is 3.94. The van der Waals surface area contributed by atoms with Gasteiger partial charge in [-0.1, -0.05) is 28.1 Å². The third kappa shape index (κ3) is 2.21. The Morgan fingerprint density at radius 1 is 1.77 bits per heavy atom. The summed E-state index contributed by atoms with van der Waals surface area (Å²) in [5.74, 6) is -2.16. The zero-order valence-electron chi connectivity index (χ0n) is 6.83. The molecule has 1 aliphatic rings. The molecule has 1 aliphatic carbocycles. The highest BCUT2D eigenvalue weighted by atomic mass is 79.9. The largest absolute Gasteiger partial charge is 0.427 e. The van der Waals surface area contributed by atoms with Gasteiger partial charge in [-0.05, 0) is 22.0 Å². The highest BCUT2D eigenvalue weighted by Crippen LogP contribution is 2.35. The average Bonchev–Trinajstić information content (AvgIpc) is 1.99. The van der Waals surface area contributed by atoms with E-state index in [0.29, 0.717) is 4.48 Å². The fourth-order valence-corrected chi connectivity index (χ4v) is 2.25. The smallest absolute Gasteiger partial charge is 0.305 e. The Kier molecular flexibility index (Phi) is 3.32. The van der Waals surface area contributed by atoms with Crippen LogP contribution in [0, 0.1) is 0 Å². The van der Waals surface area contributed by atoms with Crippen LogP contribution in [0.2, 0.25) is 0 Å². The molecule has 5 heteroatoms. The van der Waals surface area contributed by atoms with Gasteiger partial charge in [0.2, 0.25) is 0 Å². The number of carbonyl (C=O) groups is 1. The van der Waals surface area contributed by atoms with Gasteiger partial charge in [0.15, 0.2) is 0 Å². The quantitative estimate of drug-likeness (QED) is 0.457. The second-order valence-corrected chi connectivity index (χ2v) is 4.43. The molecule has 0 unspecified atom stereocenters. The molecule has 2 atom stereocenters. The third-order valence-electron chi connectivity index (χ3n) is 1.54. The molecule has 0 aromatic heterocycles. The maximum absolute atomic E-state index is 10.7. The predicted molar refractivity (Wildman–Crippen MR) is 55.6 cm³/mol. The number of halogens is 2. The van der Waals surface area contributed by atoms with Crippen LogP contribution in [0.25, 0.3) is 0 Å². The lowest BCUT2D eigenvalue weighted by Gasteiger charge is -2.31. The van der Waals surface area contributed by atoms with Gasteiger partial charge < -0.3 is 9.84 Å². The van der Waals surface area contributed by atoms with Crippen LogP contribution < -0.4 is 0 Å². The molecule has 1 N–H and O–H groups in total. The Balaban J connectivity index is 2.92. The standard InChI is InChI=1S/C8H8Br2O3/c1-5(11)13-8(12)6(9)3-2-4-7(8)10/h2-4,6,12H,1H3/t6-,8-/m1/s1. The van der Waals surface area contributed by atoms with Crippen molar-refractivity contribution in [2.24, 2.45) is 0 Å². The first-order valence-corrected chi connectivity index (χ1v) is 5.28. The third-order valence-corrected chi connectivity index (χ3v) is 3.30. The number of hydrogen-bond acceptors (Lipinski definition) is 3. The van der Waals surface area contributed by atoms with Crippen molar-refractivity contribution in [1.82, 2.24) is 0 Å². The predicted octanol–water partition coefficient (Wildman–Crippen LogP) is 1.85. The molecule has 0 aromatic rings. The first-order valence-electron chi connectivity index (χ1n) is 3.57. The molecular weight excluding hydrogens is 304 g/mol. The molecule has 13 heavy (non-hydrogen) atoms. The number of esters is 1. The first kappa shape index (κ1) is 10.9. The zero-order valence-corrected chi connectivity index (χ0v) is 10.0. The minimum atomic E-state index is -1.62. The van der Waals surface area contributed by atoms with E-state index in [1.54, 1.807) is 18.2 Å². The van der Waals surface area contributed by atoms with E-state index >= 15 is 0 Å². The normalized spacial score (nSPS) is 32.6. The number of rotatable bonds is 1. The first-order chi connectivity index (χ1) is 5.97. The molecule has 0 amide bonds. The van der Waals surface area contributed by atoms with E-state index in [1.807, 2.05) is 0 Å². The van der Waals surface area contributed by atoms with Gasteiger partial charge in [0.25, 0.3) is 5.79 Å². The maximum atomic E-state index is 10.7. The van der Waals surface area contributed by atoms with Gasteiger partial charge in [0.1, 0.15) is 4.83 Å². The minimum absolute atomic E-state index is 0.416. The van der Waals surface area contributed by atoms with Crippen LogP contribution >= 0.6 is 31.9 Å². The number of hydrogen-bond donors (Lipinski definition) is 1. The summed E-state index contributed by atoms with van der Waals surface area (Å²) < 4.78 is 5.22. The van der Waals surface area contributed by atoms with Crippen molar-refractivity contribution >= 4 is 37.8 Å². The minimum Gasteiger partial charge on any atom is -0.427 e. The number of carbonyl (C=O) groups excluding carboxylic acids is 1. The second-order valence-electron chi connectivity index (χ2n) is 2.59. The van der Waals surface area contributed by atoms with Gasteiger partial charge in [0, 0.05) is 6.92 Å². The van der Waals surface area contributed by atoms with Gasteiger partial charge in [0.05, 0.1) is 4.48 Å². The summed E-state index contributed by atoms with van der Waals surface area (Å²) in [5.41, 5.74) is 0. The summed E-state index contributed by atoms with van der Waals surface area (Å²) in [6.07, 6.45) is 5.07. The highest BCUT2D eigenvalue weighted by molar-refractivity contribution is 9.12. The van der Waals surface area contributed by atoms with Crippen LogP contribution in [0.3, 0.4) is 0 Å². The number of allylic oxidation sites excluding steroid dienone is 2. The van der Waals surface area contributed by atoms with E-state index in [-0.39, 0.29) is 0 Å². The van der Waals surface area contributed by atoms with E-state index in [0.717, 1.165) is 0 Å². The van der Waals surface area contributed by atoms with E-state index in [2.05, 4.69) is 31.9 Å². The van der Waals surface area contributed by atoms with Crippen LogP contribution in [0.5, 0.6) is 0 Å². The molecule has 3 nitrogen and oxygen atoms in total. The van der Waals surface area contributed by atoms with Gasteiger partial charge in [-0.15, -0.1) is 0 Å². The summed E-state index contributed by atoms with van der Waals surface area (Å²) in [6.45, 7) is 1.25. The van der Waals surface area contributed by atoms with E-state index in [9.17, 15) is 9.90 Å². The molecule has 0 saturated heterocycles. The van der Waals surface area contributed by atoms with E-state index in [4.69, 9.17) is 4.74 Å². The molecule has 0 spiro atoms. The molecular formula is C8H8Br2O3. The van der Waals surface area contributed by atoms with Gasteiger partial charge in [-0.3, -0.25) is 4.79 Å². The van der Waals surface area contributed by atoms with Crippen LogP contribution in [-0.2, 0) is 9.53 Å². The zero-order chi connectivity index (χ0) is 10.1. The SMILES string of the molecule is CC(=O)O[C@@]1(O)C(Br)=CC=C[C@H]1Br. The molecule has 1 rings (SSSR count). The molecule has 0 fully saturated rings. The Morgan fingerprint density at radius 2 is 2.38 bits per heavy atom. The summed E-state index contributed by atoms with van der Waals surface area (Å²) in [5, 5.41) is 9.92. The van der Waals surface area contributed by atoms with Gasteiger partial charge >= 0.3 is 5.97 Å². The van der Waals surface area contributed by atoms with Crippen LogP contribution in [0.15, 0.2) is 22.7 Å². The molecule has 0 heterocycles. The Labute approximate surface area is 92.7 Å². The molecule has 0 bridgehead atoms. The highest BCUT2D eigenvalue weighted by Gasteiger charge is 2.41. The number of ether oxygens (including phenoxy) is 1. The van der Waals surface area contributed by atoms with Crippen LogP contribution in [0.1, 0.15) is 6.92 Å². The Hall–Kier alpha value is -0.130. The average molecular weight is 312 g/mol. The Bertz CT molecular complexity index is 285. The Morgan fingerprint density at radius 3 is 2.85 bits per heavy atom. The van der Waals surface area contributed by atoms with Gasteiger partial charge in [-0.25, -0.2) is 0 Å². The van der Waals surface area contributed by atoms with Crippen LogP contribution in [-0.4, -0.2) is 21.7 Å². The van der Waals surface area contributed by atoms with E-state index < -0.39 is 16.6 Å². The van der Waals surface area contributed by atoms with Crippen molar-refractivity contribution in [2.45, 2.75) is 17.5 Å². The van der Waals surface area contributed by atoms with Crippen molar-refractivity contribution in [3.63, 3.8) is 0 Å². The lowest BCUT2D eigenvalue weighted by Crippen LogP contribution is -2.43. The molecule has 0 aliphatic heterocycles. The lowest BCUT2D eigenvalue weighted by molar-refractivity contribution is -0.185. The molecule has 0 radical (unpaired) electrons.